The van der Waals surface area contributed by atoms with Gasteiger partial charge in [-0.15, -0.1) is 0 Å². The average molecular weight is 293 g/mol. The van der Waals surface area contributed by atoms with Gasteiger partial charge in [0.2, 0.25) is 5.91 Å². The number of carboxylic acid groups (broad SMARTS) is 1. The molecular formula is C15H16FNO4. The Hall–Kier alpha value is -1.95. The molecule has 6 heteroatoms. The van der Waals surface area contributed by atoms with E-state index in [0.717, 1.165) is 5.56 Å². The van der Waals surface area contributed by atoms with E-state index in [-0.39, 0.29) is 11.8 Å². The molecule has 3 rings (SSSR count). The number of ether oxygens (including phenoxy) is 1. The van der Waals surface area contributed by atoms with Gasteiger partial charge in [-0.25, -0.2) is 4.39 Å². The van der Waals surface area contributed by atoms with Crippen molar-refractivity contribution in [1.82, 2.24) is 0 Å². The van der Waals surface area contributed by atoms with E-state index < -0.39 is 35.6 Å². The Kier molecular flexibility index (Phi) is 3.41. The summed E-state index contributed by atoms with van der Waals surface area (Å²) in [6, 6.07) is 4.40. The second-order valence-electron chi connectivity index (χ2n) is 5.65. The third-order valence-electron chi connectivity index (χ3n) is 4.24. The summed E-state index contributed by atoms with van der Waals surface area (Å²) in [5.41, 5.74) is 0.887. The summed E-state index contributed by atoms with van der Waals surface area (Å²) in [5.74, 6) is -3.67. The molecule has 0 aromatic heterocycles. The first-order valence-corrected chi connectivity index (χ1v) is 6.92. The van der Waals surface area contributed by atoms with Crippen LogP contribution in [0.15, 0.2) is 18.2 Å². The molecular weight excluding hydrogens is 277 g/mol. The molecule has 21 heavy (non-hydrogen) atoms. The maximum Gasteiger partial charge on any atom is 0.310 e. The fraction of sp³-hybridized carbons (Fsp3) is 0.467. The highest BCUT2D eigenvalue weighted by molar-refractivity contribution is 5.96. The summed E-state index contributed by atoms with van der Waals surface area (Å²) in [6.07, 6.45) is 0.530. The van der Waals surface area contributed by atoms with E-state index in [9.17, 15) is 19.1 Å². The van der Waals surface area contributed by atoms with E-state index in [0.29, 0.717) is 12.8 Å². The number of carbonyl (C=O) groups excluding carboxylic acids is 1. The van der Waals surface area contributed by atoms with Crippen molar-refractivity contribution >= 4 is 17.6 Å². The maximum atomic E-state index is 13.7. The molecule has 0 radical (unpaired) electrons. The van der Waals surface area contributed by atoms with Gasteiger partial charge in [0, 0.05) is 0 Å². The zero-order valence-corrected chi connectivity index (χ0v) is 11.5. The molecule has 112 valence electrons. The third-order valence-corrected chi connectivity index (χ3v) is 4.24. The quantitative estimate of drug-likeness (QED) is 0.893. The van der Waals surface area contributed by atoms with Gasteiger partial charge in [-0.2, -0.15) is 0 Å². The van der Waals surface area contributed by atoms with Crippen LogP contribution >= 0.6 is 0 Å². The summed E-state index contributed by atoms with van der Waals surface area (Å²) in [5, 5.41) is 11.8. The van der Waals surface area contributed by atoms with Crippen molar-refractivity contribution < 1.29 is 23.8 Å². The lowest BCUT2D eigenvalue weighted by Gasteiger charge is -2.24. The number of benzene rings is 1. The molecule has 2 aliphatic rings. The molecule has 2 N–H and O–H groups in total. The lowest BCUT2D eigenvalue weighted by molar-refractivity contribution is -0.147. The van der Waals surface area contributed by atoms with E-state index in [4.69, 9.17) is 4.74 Å². The molecule has 2 saturated heterocycles. The van der Waals surface area contributed by atoms with Crippen LogP contribution in [0.5, 0.6) is 0 Å². The van der Waals surface area contributed by atoms with Crippen LogP contribution in [-0.4, -0.2) is 29.2 Å². The number of aliphatic carboxylic acids is 1. The van der Waals surface area contributed by atoms with Gasteiger partial charge < -0.3 is 15.2 Å². The molecule has 1 aromatic carbocycles. The first kappa shape index (κ1) is 14.0. The van der Waals surface area contributed by atoms with Crippen LogP contribution in [0, 0.1) is 24.6 Å². The fourth-order valence-corrected chi connectivity index (χ4v) is 3.28. The first-order chi connectivity index (χ1) is 9.97. The van der Waals surface area contributed by atoms with Gasteiger partial charge in [-0.05, 0) is 37.5 Å². The minimum Gasteiger partial charge on any atom is -0.481 e. The van der Waals surface area contributed by atoms with Crippen molar-refractivity contribution in [3.63, 3.8) is 0 Å². The van der Waals surface area contributed by atoms with Crippen molar-refractivity contribution in [2.75, 3.05) is 5.32 Å². The fourth-order valence-electron chi connectivity index (χ4n) is 3.28. The van der Waals surface area contributed by atoms with Crippen LogP contribution in [-0.2, 0) is 14.3 Å². The van der Waals surface area contributed by atoms with Crippen LogP contribution < -0.4 is 5.32 Å². The normalized spacial score (nSPS) is 30.4. The molecule has 2 aliphatic heterocycles. The minimum absolute atomic E-state index is 0.0758. The summed E-state index contributed by atoms with van der Waals surface area (Å²) in [7, 11) is 0. The van der Waals surface area contributed by atoms with Gasteiger partial charge in [-0.1, -0.05) is 6.07 Å². The standard InChI is InChI=1S/C15H16FNO4/c1-7-2-3-8(16)9(6-7)17-14(18)12-10-4-5-11(21-10)13(12)15(19)20/h2-3,6,10-13H,4-5H2,1H3,(H,17,18)(H,19,20)/t10-,11-,12+,13-/m1/s1. The van der Waals surface area contributed by atoms with Gasteiger partial charge in [0.1, 0.15) is 5.82 Å². The largest absolute Gasteiger partial charge is 0.481 e. The second kappa shape index (κ2) is 5.11. The van der Waals surface area contributed by atoms with Crippen LogP contribution in [0.4, 0.5) is 10.1 Å². The second-order valence-corrected chi connectivity index (χ2v) is 5.65. The lowest BCUT2D eigenvalue weighted by Crippen LogP contribution is -2.41. The zero-order chi connectivity index (χ0) is 15.1. The summed E-state index contributed by atoms with van der Waals surface area (Å²) in [4.78, 5) is 23.7. The van der Waals surface area contributed by atoms with Crippen molar-refractivity contribution in [2.24, 2.45) is 11.8 Å². The summed E-state index contributed by atoms with van der Waals surface area (Å²) >= 11 is 0. The van der Waals surface area contributed by atoms with Crippen molar-refractivity contribution in [3.8, 4) is 0 Å². The number of amides is 1. The van der Waals surface area contributed by atoms with Crippen molar-refractivity contribution in [2.45, 2.75) is 32.0 Å². The number of carbonyl (C=O) groups is 2. The Morgan fingerprint density at radius 1 is 1.29 bits per heavy atom. The molecule has 0 saturated carbocycles. The van der Waals surface area contributed by atoms with Crippen LogP contribution in [0.2, 0.25) is 0 Å². The molecule has 4 atom stereocenters. The Morgan fingerprint density at radius 3 is 2.62 bits per heavy atom. The van der Waals surface area contributed by atoms with Crippen molar-refractivity contribution in [1.29, 1.82) is 0 Å². The Balaban J connectivity index is 1.81. The maximum absolute atomic E-state index is 13.7. The van der Waals surface area contributed by atoms with E-state index in [1.165, 1.54) is 12.1 Å². The Morgan fingerprint density at radius 2 is 1.95 bits per heavy atom. The molecule has 1 amide bonds. The Bertz CT molecular complexity index is 603. The smallest absolute Gasteiger partial charge is 0.310 e. The molecule has 0 spiro atoms. The van der Waals surface area contributed by atoms with E-state index in [2.05, 4.69) is 5.32 Å². The monoisotopic (exact) mass is 293 g/mol. The summed E-state index contributed by atoms with van der Waals surface area (Å²) in [6.45, 7) is 1.79. The number of hydrogen-bond donors (Lipinski definition) is 2. The number of hydrogen-bond acceptors (Lipinski definition) is 3. The lowest BCUT2D eigenvalue weighted by atomic mass is 9.78. The molecule has 0 unspecified atom stereocenters. The van der Waals surface area contributed by atoms with Gasteiger partial charge in [0.15, 0.2) is 0 Å². The van der Waals surface area contributed by atoms with Crippen LogP contribution in [0.3, 0.4) is 0 Å². The number of rotatable bonds is 3. The molecule has 2 fully saturated rings. The molecule has 2 bridgehead atoms. The summed E-state index contributed by atoms with van der Waals surface area (Å²) < 4.78 is 19.2. The Labute approximate surface area is 121 Å². The predicted molar refractivity (Wildman–Crippen MR) is 72.3 cm³/mol. The minimum atomic E-state index is -1.04. The topological polar surface area (TPSA) is 75.6 Å². The van der Waals surface area contributed by atoms with Gasteiger partial charge in [0.05, 0.1) is 29.7 Å². The molecule has 0 aliphatic carbocycles. The number of aryl methyl sites for hydroxylation is 1. The highest BCUT2D eigenvalue weighted by Crippen LogP contribution is 2.44. The van der Waals surface area contributed by atoms with E-state index in [1.807, 2.05) is 0 Å². The highest BCUT2D eigenvalue weighted by Gasteiger charge is 2.55. The highest BCUT2D eigenvalue weighted by atomic mass is 19.1. The number of halogens is 1. The molecule has 1 aromatic rings. The number of anilines is 1. The van der Waals surface area contributed by atoms with Crippen LogP contribution in [0.25, 0.3) is 0 Å². The zero-order valence-electron chi connectivity index (χ0n) is 11.5. The predicted octanol–water partition coefficient (Wildman–Crippen LogP) is 1.95. The van der Waals surface area contributed by atoms with Gasteiger partial charge >= 0.3 is 5.97 Å². The number of nitrogens with one attached hydrogen (secondary N) is 1. The SMILES string of the molecule is Cc1ccc(F)c(NC(=O)[C@@H]2[C@H](C(=O)O)[C@H]3CC[C@H]2O3)c1. The first-order valence-electron chi connectivity index (χ1n) is 6.92. The van der Waals surface area contributed by atoms with Gasteiger partial charge in [0.25, 0.3) is 0 Å². The third kappa shape index (κ3) is 2.40. The van der Waals surface area contributed by atoms with Crippen molar-refractivity contribution in [3.05, 3.63) is 29.6 Å². The van der Waals surface area contributed by atoms with Crippen LogP contribution in [0.1, 0.15) is 18.4 Å². The number of carboxylic acids is 1. The van der Waals surface area contributed by atoms with E-state index >= 15 is 0 Å². The van der Waals surface area contributed by atoms with Gasteiger partial charge in [-0.3, -0.25) is 9.59 Å². The molecule has 2 heterocycles. The average Bonchev–Trinajstić information content (AvgIpc) is 3.03. The molecule has 5 nitrogen and oxygen atoms in total. The van der Waals surface area contributed by atoms with E-state index in [1.54, 1.807) is 13.0 Å². The number of fused-ring (bicyclic) bond motifs is 2.